The predicted octanol–water partition coefficient (Wildman–Crippen LogP) is 0.0877. The van der Waals surface area contributed by atoms with Gasteiger partial charge >= 0.3 is 7.12 Å². The molecule has 5 heteroatoms. The minimum atomic E-state index is -1.69. The first-order valence-corrected chi connectivity index (χ1v) is 3.29. The Kier molecular flexibility index (Phi) is 2.96. The van der Waals surface area contributed by atoms with E-state index >= 15 is 0 Å². The van der Waals surface area contributed by atoms with E-state index in [0.717, 1.165) is 0 Å². The number of benzene rings is 1. The highest BCUT2D eigenvalue weighted by molar-refractivity contribution is 6.61. The summed E-state index contributed by atoms with van der Waals surface area (Å²) in [6, 6.07) is 6.06. The van der Waals surface area contributed by atoms with Crippen LogP contribution in [0.15, 0.2) is 24.3 Å². The Morgan fingerprint density at radius 1 is 1.50 bits per heavy atom. The molecule has 0 atom stereocenters. The minimum Gasteiger partial charge on any atom is -0.421 e. The molecule has 62 valence electrons. The maximum Gasteiger partial charge on any atom is 0.530 e. The summed E-state index contributed by atoms with van der Waals surface area (Å²) >= 11 is 0. The molecule has 0 saturated heterocycles. The smallest absolute Gasteiger partial charge is 0.421 e. The lowest BCUT2D eigenvalue weighted by molar-refractivity contribution is -0.0267. The first-order chi connectivity index (χ1) is 5.79. The van der Waals surface area contributed by atoms with Gasteiger partial charge in [-0.2, -0.15) is 0 Å². The third-order valence-corrected chi connectivity index (χ3v) is 1.47. The molecule has 0 spiro atoms. The van der Waals surface area contributed by atoms with Crippen LogP contribution in [0.4, 0.5) is 4.53 Å². The number of aldehydes is 1. The molecule has 0 saturated carbocycles. The highest BCUT2D eigenvalue weighted by atomic mass is 19.3. The fourth-order valence-corrected chi connectivity index (χ4v) is 0.891. The van der Waals surface area contributed by atoms with E-state index in [0.29, 0.717) is 6.29 Å². The van der Waals surface area contributed by atoms with Crippen LogP contribution in [-0.4, -0.2) is 18.4 Å². The van der Waals surface area contributed by atoms with Gasteiger partial charge in [0.15, 0.2) is 0 Å². The number of halogens is 1. The maximum atomic E-state index is 11.5. The van der Waals surface area contributed by atoms with Gasteiger partial charge in [-0.1, -0.05) is 28.8 Å². The number of rotatable bonds is 3. The fraction of sp³-hybridized carbons (Fsp3) is 0. The Morgan fingerprint density at radius 3 is 2.75 bits per heavy atom. The van der Waals surface area contributed by atoms with E-state index in [4.69, 9.17) is 5.02 Å². The lowest BCUT2D eigenvalue weighted by Crippen LogP contribution is -2.33. The van der Waals surface area contributed by atoms with Crippen molar-refractivity contribution in [2.45, 2.75) is 0 Å². The van der Waals surface area contributed by atoms with Crippen molar-refractivity contribution in [2.75, 3.05) is 0 Å². The summed E-state index contributed by atoms with van der Waals surface area (Å²) in [4.78, 5) is 13.5. The van der Waals surface area contributed by atoms with Crippen molar-refractivity contribution in [3.8, 4) is 0 Å². The molecule has 12 heavy (non-hydrogen) atoms. The Balaban J connectivity index is 3.04. The van der Waals surface area contributed by atoms with Crippen molar-refractivity contribution in [2.24, 2.45) is 0 Å². The monoisotopic (exact) mass is 168 g/mol. The molecule has 1 aromatic carbocycles. The van der Waals surface area contributed by atoms with Gasteiger partial charge in [-0.15, -0.1) is 0 Å². The molecule has 0 aliphatic heterocycles. The van der Waals surface area contributed by atoms with Gasteiger partial charge in [0.05, 0.1) is 0 Å². The van der Waals surface area contributed by atoms with E-state index in [1.54, 1.807) is 12.1 Å². The number of carbonyl (C=O) groups is 1. The highest BCUT2D eigenvalue weighted by Crippen LogP contribution is 1.95. The SMILES string of the molecule is O=Cc1ccccc1B(O)OF. The highest BCUT2D eigenvalue weighted by Gasteiger charge is 2.20. The molecule has 3 nitrogen and oxygen atoms in total. The summed E-state index contributed by atoms with van der Waals surface area (Å²) in [5.41, 5.74) is 0.331. The van der Waals surface area contributed by atoms with Crippen molar-refractivity contribution in [1.82, 2.24) is 0 Å². The van der Waals surface area contributed by atoms with Gasteiger partial charge in [-0.05, 0) is 5.46 Å². The molecule has 1 N–H and O–H groups in total. The average molecular weight is 168 g/mol. The summed E-state index contributed by atoms with van der Waals surface area (Å²) in [5.74, 6) is 0. The largest absolute Gasteiger partial charge is 0.530 e. The van der Waals surface area contributed by atoms with Gasteiger partial charge in [-0.25, -0.2) is 4.86 Å². The lowest BCUT2D eigenvalue weighted by atomic mass is 9.77. The van der Waals surface area contributed by atoms with E-state index in [2.05, 4.69) is 4.86 Å². The van der Waals surface area contributed by atoms with Crippen LogP contribution in [0.1, 0.15) is 10.4 Å². The van der Waals surface area contributed by atoms with Crippen LogP contribution in [0, 0.1) is 0 Å². The standard InChI is InChI=1S/C7H6BFO3/c9-12-8(11)7-4-2-1-3-6(7)5-10/h1-5,11H. The van der Waals surface area contributed by atoms with Gasteiger partial charge in [-0.3, -0.25) is 4.79 Å². The summed E-state index contributed by atoms with van der Waals surface area (Å²) in [6.45, 7) is 0. The third kappa shape index (κ3) is 1.69. The van der Waals surface area contributed by atoms with Gasteiger partial charge in [0.2, 0.25) is 0 Å². The molecule has 0 aliphatic carbocycles. The summed E-state index contributed by atoms with van der Waals surface area (Å²) in [7, 11) is -1.69. The molecule has 0 bridgehead atoms. The quantitative estimate of drug-likeness (QED) is 0.513. The summed E-state index contributed by atoms with van der Waals surface area (Å²) in [6.07, 6.45) is 0.525. The van der Waals surface area contributed by atoms with Crippen LogP contribution in [0.5, 0.6) is 0 Å². The van der Waals surface area contributed by atoms with Crippen LogP contribution >= 0.6 is 0 Å². The number of hydrogen-bond donors (Lipinski definition) is 1. The molecule has 1 aromatic rings. The van der Waals surface area contributed by atoms with Crippen molar-refractivity contribution in [3.05, 3.63) is 29.8 Å². The van der Waals surface area contributed by atoms with Crippen molar-refractivity contribution in [1.29, 1.82) is 0 Å². The predicted molar refractivity (Wildman–Crippen MR) is 41.6 cm³/mol. The molecule has 0 aromatic heterocycles. The van der Waals surface area contributed by atoms with Crippen LogP contribution in [0.2, 0.25) is 0 Å². The van der Waals surface area contributed by atoms with Gasteiger partial charge in [0.1, 0.15) is 6.29 Å². The Morgan fingerprint density at radius 2 is 2.17 bits per heavy atom. The average Bonchev–Trinajstić information content (AvgIpc) is 2.16. The molecule has 0 unspecified atom stereocenters. The van der Waals surface area contributed by atoms with E-state index < -0.39 is 7.12 Å². The van der Waals surface area contributed by atoms with Crippen molar-refractivity contribution < 1.29 is 19.2 Å². The molecular formula is C7H6BFO3. The Labute approximate surface area is 68.8 Å². The van der Waals surface area contributed by atoms with Crippen LogP contribution in [0.3, 0.4) is 0 Å². The van der Waals surface area contributed by atoms with E-state index in [-0.39, 0.29) is 11.0 Å². The summed E-state index contributed by atoms with van der Waals surface area (Å²) < 4.78 is 11.5. The normalized spacial score (nSPS) is 9.50. The van der Waals surface area contributed by atoms with Crippen LogP contribution < -0.4 is 5.46 Å². The van der Waals surface area contributed by atoms with Gasteiger partial charge < -0.3 is 5.02 Å². The lowest BCUT2D eigenvalue weighted by Gasteiger charge is -2.02. The summed E-state index contributed by atoms with van der Waals surface area (Å²) in [5, 5.41) is 8.89. The zero-order valence-electron chi connectivity index (χ0n) is 6.11. The zero-order valence-corrected chi connectivity index (χ0v) is 6.11. The third-order valence-electron chi connectivity index (χ3n) is 1.47. The van der Waals surface area contributed by atoms with E-state index in [1.807, 2.05) is 0 Å². The van der Waals surface area contributed by atoms with Gasteiger partial charge in [0, 0.05) is 5.56 Å². The van der Waals surface area contributed by atoms with E-state index in [1.165, 1.54) is 12.1 Å². The molecule has 0 fully saturated rings. The van der Waals surface area contributed by atoms with Crippen molar-refractivity contribution in [3.63, 3.8) is 0 Å². The second kappa shape index (κ2) is 3.99. The van der Waals surface area contributed by atoms with Gasteiger partial charge in [0.25, 0.3) is 0 Å². The molecule has 0 radical (unpaired) electrons. The number of hydrogen-bond acceptors (Lipinski definition) is 3. The molecule has 0 amide bonds. The van der Waals surface area contributed by atoms with E-state index in [9.17, 15) is 9.32 Å². The topological polar surface area (TPSA) is 46.5 Å². The Bertz CT molecular complexity index is 279. The van der Waals surface area contributed by atoms with Crippen LogP contribution in [-0.2, 0) is 4.86 Å². The first kappa shape index (κ1) is 8.90. The molecule has 0 heterocycles. The first-order valence-electron chi connectivity index (χ1n) is 3.29. The second-order valence-corrected chi connectivity index (χ2v) is 2.19. The van der Waals surface area contributed by atoms with Crippen LogP contribution in [0.25, 0.3) is 0 Å². The zero-order chi connectivity index (χ0) is 8.97. The van der Waals surface area contributed by atoms with Crippen molar-refractivity contribution >= 4 is 18.9 Å². The minimum absolute atomic E-state index is 0.120. The fourth-order valence-electron chi connectivity index (χ4n) is 0.891. The second-order valence-electron chi connectivity index (χ2n) is 2.19. The molecule has 0 aliphatic rings. The molecule has 1 rings (SSSR count). The Hall–Kier alpha value is -1.20. The number of carbonyl (C=O) groups excluding carboxylic acids is 1. The maximum absolute atomic E-state index is 11.5. The molecular weight excluding hydrogens is 162 g/mol.